The van der Waals surface area contributed by atoms with E-state index in [0.717, 1.165) is 0 Å². The van der Waals surface area contributed by atoms with Gasteiger partial charge in [-0.05, 0) is 4.92 Å². The zero-order chi connectivity index (χ0) is 15.9. The maximum Gasteiger partial charge on any atom is 0.435 e. The fraction of sp³-hybridized carbons (Fsp3) is 0. The topological polar surface area (TPSA) is 190 Å². The molecule has 1 aromatic carbocycles. The number of rotatable bonds is 4. The van der Waals surface area contributed by atoms with Crippen LogP contribution in [0.25, 0.3) is 10.9 Å². The Balaban J connectivity index is 3.02. The first-order valence-corrected chi connectivity index (χ1v) is 4.88. The van der Waals surface area contributed by atoms with Crippen LogP contribution >= 0.6 is 0 Å². The summed E-state index contributed by atoms with van der Waals surface area (Å²) in [6.45, 7) is 0. The van der Waals surface area contributed by atoms with Gasteiger partial charge in [0.25, 0.3) is 16.9 Å². The molecule has 0 N–H and O–H groups in total. The monoisotopic (exact) mass is 298 g/mol. The first-order chi connectivity index (χ1) is 9.73. The van der Waals surface area contributed by atoms with Crippen molar-refractivity contribution in [2.45, 2.75) is 0 Å². The highest BCUT2D eigenvalue weighted by atomic mass is 16.7. The lowest BCUT2D eigenvalue weighted by Gasteiger charge is -1.94. The van der Waals surface area contributed by atoms with E-state index in [9.17, 15) is 40.5 Å². The molecule has 0 fully saturated rings. The van der Waals surface area contributed by atoms with Crippen LogP contribution in [0.1, 0.15) is 0 Å². The highest BCUT2D eigenvalue weighted by Crippen LogP contribution is 2.36. The number of nitrogens with zero attached hydrogens (tertiary/aromatic N) is 6. The van der Waals surface area contributed by atoms with Crippen LogP contribution in [-0.4, -0.2) is 29.7 Å². The maximum absolute atomic E-state index is 10.9. The van der Waals surface area contributed by atoms with Crippen LogP contribution in [0.5, 0.6) is 0 Å². The lowest BCUT2D eigenvalue weighted by Crippen LogP contribution is -2.13. The van der Waals surface area contributed by atoms with Crippen LogP contribution in [0.4, 0.5) is 17.2 Å². The second-order valence-electron chi connectivity index (χ2n) is 3.58. The van der Waals surface area contributed by atoms with Crippen molar-refractivity contribution in [3.63, 3.8) is 0 Å². The first-order valence-electron chi connectivity index (χ1n) is 4.88. The van der Waals surface area contributed by atoms with E-state index in [2.05, 4.69) is 5.10 Å². The number of fused-ring (bicyclic) bond motifs is 1. The molecule has 0 radical (unpaired) electrons. The Morgan fingerprint density at radius 3 is 1.95 bits per heavy atom. The summed E-state index contributed by atoms with van der Waals surface area (Å²) in [4.78, 5) is 39.5. The highest BCUT2D eigenvalue weighted by molar-refractivity contribution is 5.96. The van der Waals surface area contributed by atoms with Crippen molar-refractivity contribution in [3.05, 3.63) is 52.6 Å². The predicted octanol–water partition coefficient (Wildman–Crippen LogP) is 0.801. The SMILES string of the molecule is O=[N+]([O-])c1cc([N+](=O)[O-])c2c([N+](=O)[O-])n([N+](=O)[O-])nc2c1. The van der Waals surface area contributed by atoms with E-state index in [4.69, 9.17) is 0 Å². The van der Waals surface area contributed by atoms with Crippen LogP contribution in [0.3, 0.4) is 0 Å². The highest BCUT2D eigenvalue weighted by Gasteiger charge is 2.39. The number of benzene rings is 1. The summed E-state index contributed by atoms with van der Waals surface area (Å²) in [5.41, 5.74) is -2.38. The van der Waals surface area contributed by atoms with E-state index in [1.54, 1.807) is 0 Å². The Bertz CT molecular complexity index is 824. The summed E-state index contributed by atoms with van der Waals surface area (Å²) in [5, 5.41) is 44.3. The quantitative estimate of drug-likeness (QED) is 0.579. The van der Waals surface area contributed by atoms with E-state index in [1.807, 2.05) is 0 Å². The van der Waals surface area contributed by atoms with E-state index >= 15 is 0 Å². The van der Waals surface area contributed by atoms with Gasteiger partial charge in [0.05, 0.1) is 22.0 Å². The molecule has 0 saturated carbocycles. The molecule has 0 aliphatic carbocycles. The summed E-state index contributed by atoms with van der Waals surface area (Å²) < 4.78 is 0. The van der Waals surface area contributed by atoms with Crippen molar-refractivity contribution in [1.82, 2.24) is 9.89 Å². The van der Waals surface area contributed by atoms with Gasteiger partial charge >= 0.3 is 5.82 Å². The second-order valence-corrected chi connectivity index (χ2v) is 3.58. The van der Waals surface area contributed by atoms with Gasteiger partial charge in [-0.2, -0.15) is 0 Å². The number of hydrogen-bond donors (Lipinski definition) is 0. The molecular formula is C7H2N6O8. The van der Waals surface area contributed by atoms with Crippen molar-refractivity contribution in [3.8, 4) is 0 Å². The molecular weight excluding hydrogens is 296 g/mol. The molecule has 1 aromatic heterocycles. The second kappa shape index (κ2) is 4.44. The molecule has 0 saturated heterocycles. The molecule has 0 aliphatic rings. The van der Waals surface area contributed by atoms with Crippen LogP contribution < -0.4 is 0 Å². The molecule has 0 spiro atoms. The van der Waals surface area contributed by atoms with Crippen LogP contribution in [-0.2, 0) is 0 Å². The van der Waals surface area contributed by atoms with Gasteiger partial charge < -0.3 is 20.2 Å². The van der Waals surface area contributed by atoms with Crippen molar-refractivity contribution in [2.24, 2.45) is 0 Å². The van der Waals surface area contributed by atoms with E-state index in [1.165, 1.54) is 0 Å². The van der Waals surface area contributed by atoms with Crippen molar-refractivity contribution in [1.29, 1.82) is 0 Å². The van der Waals surface area contributed by atoms with Crippen LogP contribution in [0.15, 0.2) is 12.1 Å². The summed E-state index contributed by atoms with van der Waals surface area (Å²) in [5.74, 6) is -1.25. The zero-order valence-corrected chi connectivity index (χ0v) is 9.60. The summed E-state index contributed by atoms with van der Waals surface area (Å²) in [6, 6.07) is 1.15. The Labute approximate surface area is 111 Å². The molecule has 1 heterocycles. The van der Waals surface area contributed by atoms with Gasteiger partial charge in [-0.3, -0.25) is 20.2 Å². The maximum atomic E-state index is 10.9. The molecule has 14 nitrogen and oxygen atoms in total. The number of aromatic nitrogens is 2. The average molecular weight is 298 g/mol. The van der Waals surface area contributed by atoms with Gasteiger partial charge in [0.2, 0.25) is 5.39 Å². The van der Waals surface area contributed by atoms with Crippen LogP contribution in [0, 0.1) is 40.5 Å². The van der Waals surface area contributed by atoms with Gasteiger partial charge in [-0.1, -0.05) is 0 Å². The predicted molar refractivity (Wildman–Crippen MR) is 62.1 cm³/mol. The third-order valence-electron chi connectivity index (χ3n) is 2.43. The molecule has 2 rings (SSSR count). The summed E-state index contributed by atoms with van der Waals surface area (Å²) >= 11 is 0. The van der Waals surface area contributed by atoms with Crippen molar-refractivity contribution >= 4 is 28.1 Å². The largest absolute Gasteiger partial charge is 0.435 e. The van der Waals surface area contributed by atoms with Gasteiger partial charge in [-0.15, -0.1) is 0 Å². The van der Waals surface area contributed by atoms with E-state index in [0.29, 0.717) is 12.1 Å². The molecule has 0 bridgehead atoms. The number of hydrogen-bond acceptors (Lipinski definition) is 9. The molecule has 0 unspecified atom stereocenters. The molecule has 0 atom stereocenters. The molecule has 0 aliphatic heterocycles. The molecule has 14 heteroatoms. The number of nitro benzene ring substituents is 2. The molecule has 21 heavy (non-hydrogen) atoms. The minimum atomic E-state index is -1.27. The Morgan fingerprint density at radius 2 is 1.52 bits per heavy atom. The minimum absolute atomic E-state index is 0.276. The van der Waals surface area contributed by atoms with Gasteiger partial charge in [0.15, 0.2) is 4.79 Å². The Hall–Kier alpha value is -3.71. The van der Waals surface area contributed by atoms with Crippen molar-refractivity contribution < 1.29 is 19.8 Å². The smallest absolute Gasteiger partial charge is 0.358 e. The molecule has 108 valence electrons. The number of nitro groups is 4. The zero-order valence-electron chi connectivity index (χ0n) is 9.60. The van der Waals surface area contributed by atoms with E-state index in [-0.39, 0.29) is 4.79 Å². The fourth-order valence-electron chi connectivity index (χ4n) is 1.68. The summed E-state index contributed by atoms with van der Waals surface area (Å²) in [6.07, 6.45) is 0. The Kier molecular flexibility index (Phi) is 2.90. The van der Waals surface area contributed by atoms with Crippen LogP contribution in [0.2, 0.25) is 0 Å². The third kappa shape index (κ3) is 2.05. The standard InChI is InChI=1S/C7H2N6O8/c14-10(15)3-1-4-6(5(2-3)11(16)17)7(12(18)19)9(8-4)13(20)21/h1-2H. The first kappa shape index (κ1) is 13.7. The van der Waals surface area contributed by atoms with E-state index < -0.39 is 47.9 Å². The fourth-order valence-corrected chi connectivity index (χ4v) is 1.68. The molecule has 2 aromatic rings. The van der Waals surface area contributed by atoms with Gasteiger partial charge in [-0.25, -0.2) is 0 Å². The average Bonchev–Trinajstić information content (AvgIpc) is 2.76. The summed E-state index contributed by atoms with van der Waals surface area (Å²) in [7, 11) is 0. The molecule has 0 amide bonds. The van der Waals surface area contributed by atoms with Crippen molar-refractivity contribution in [2.75, 3.05) is 0 Å². The lowest BCUT2D eigenvalue weighted by atomic mass is 10.2. The lowest BCUT2D eigenvalue weighted by molar-refractivity contribution is -0.569. The minimum Gasteiger partial charge on any atom is -0.358 e. The van der Waals surface area contributed by atoms with Gasteiger partial charge in [0, 0.05) is 0 Å². The Morgan fingerprint density at radius 1 is 0.905 bits per heavy atom. The van der Waals surface area contributed by atoms with Gasteiger partial charge in [0.1, 0.15) is 10.1 Å². The third-order valence-corrected chi connectivity index (χ3v) is 2.43. The number of non-ortho nitro benzene ring substituents is 2. The normalized spacial score (nSPS) is 10.5.